The van der Waals surface area contributed by atoms with E-state index in [0.717, 1.165) is 29.0 Å². The minimum atomic E-state index is -4.64. The summed E-state index contributed by atoms with van der Waals surface area (Å²) >= 11 is 0. The number of H-pyrrole nitrogens is 1. The maximum atomic E-state index is 14.2. The van der Waals surface area contributed by atoms with Crippen LogP contribution in [0.5, 0.6) is 5.88 Å². The van der Waals surface area contributed by atoms with E-state index >= 15 is 0 Å². The molecule has 5 aromatic rings. The highest BCUT2D eigenvalue weighted by molar-refractivity contribution is 5.98. The second kappa shape index (κ2) is 14.0. The molecule has 0 radical (unpaired) electrons. The predicted molar refractivity (Wildman–Crippen MR) is 164 cm³/mol. The molecule has 12 heteroatoms. The first-order chi connectivity index (χ1) is 22.1. The number of carbonyl (C=O) groups is 2. The summed E-state index contributed by atoms with van der Waals surface area (Å²) in [6.07, 6.45) is -2.77. The van der Waals surface area contributed by atoms with Crippen LogP contribution in [0.25, 0.3) is 11.3 Å². The fourth-order valence-electron chi connectivity index (χ4n) is 4.53. The Morgan fingerprint density at radius 1 is 0.913 bits per heavy atom. The second-order valence-corrected chi connectivity index (χ2v) is 10.2. The van der Waals surface area contributed by atoms with Crippen molar-refractivity contribution in [1.29, 1.82) is 0 Å². The number of benzene rings is 3. The third-order valence-electron chi connectivity index (χ3n) is 6.94. The summed E-state index contributed by atoms with van der Waals surface area (Å²) in [4.78, 5) is 32.5. The normalized spacial score (nSPS) is 11.2. The van der Waals surface area contributed by atoms with Gasteiger partial charge >= 0.3 is 12.1 Å². The highest BCUT2D eigenvalue weighted by Gasteiger charge is 2.31. The quantitative estimate of drug-likeness (QED) is 0.104. The molecule has 0 saturated carbocycles. The van der Waals surface area contributed by atoms with Crippen molar-refractivity contribution in [3.8, 4) is 17.1 Å². The molecule has 0 unspecified atom stereocenters. The molecule has 2 heterocycles. The van der Waals surface area contributed by atoms with Crippen LogP contribution in [0.4, 0.5) is 28.9 Å². The summed E-state index contributed by atoms with van der Waals surface area (Å²) in [6.45, 7) is 0.136. The lowest BCUT2D eigenvalue weighted by molar-refractivity contribution is -0.137. The molecule has 0 bridgehead atoms. The van der Waals surface area contributed by atoms with Crippen molar-refractivity contribution in [3.05, 3.63) is 131 Å². The number of nitrogens with zero attached hydrogens (tertiary/aromatic N) is 1. The van der Waals surface area contributed by atoms with E-state index in [1.165, 1.54) is 7.11 Å². The summed E-state index contributed by atoms with van der Waals surface area (Å²) in [6, 6.07) is 23.0. The number of ether oxygens (including phenoxy) is 2. The van der Waals surface area contributed by atoms with Gasteiger partial charge in [0, 0.05) is 29.1 Å². The minimum absolute atomic E-state index is 0.0364. The van der Waals surface area contributed by atoms with E-state index in [4.69, 9.17) is 9.47 Å². The monoisotopic (exact) mass is 632 g/mol. The number of amides is 1. The molecular weight excluding hydrogens is 604 g/mol. The van der Waals surface area contributed by atoms with Gasteiger partial charge in [0.1, 0.15) is 12.4 Å². The lowest BCUT2D eigenvalue weighted by Gasteiger charge is -2.14. The maximum Gasteiger partial charge on any atom is 0.416 e. The predicted octanol–water partition coefficient (Wildman–Crippen LogP) is 7.39. The zero-order chi connectivity index (χ0) is 32.7. The van der Waals surface area contributed by atoms with Crippen LogP contribution >= 0.6 is 0 Å². The highest BCUT2D eigenvalue weighted by atomic mass is 19.4. The number of aromatic amines is 1. The number of methoxy groups -OCH3 is 1. The highest BCUT2D eigenvalue weighted by Crippen LogP contribution is 2.31. The number of rotatable bonds is 11. The molecule has 8 nitrogen and oxygen atoms in total. The van der Waals surface area contributed by atoms with Crippen LogP contribution in [0, 0.1) is 5.82 Å². The Balaban J connectivity index is 1.21. The van der Waals surface area contributed by atoms with Gasteiger partial charge in [-0.25, -0.2) is 14.2 Å². The van der Waals surface area contributed by atoms with E-state index in [-0.39, 0.29) is 30.4 Å². The molecular formula is C34H28F4N4O4. The zero-order valence-corrected chi connectivity index (χ0v) is 24.5. The third-order valence-corrected chi connectivity index (χ3v) is 6.94. The van der Waals surface area contributed by atoms with Crippen molar-refractivity contribution in [2.75, 3.05) is 17.7 Å². The van der Waals surface area contributed by atoms with Gasteiger partial charge in [-0.2, -0.15) is 13.2 Å². The number of nitrogens with one attached hydrogen (secondary N) is 3. The van der Waals surface area contributed by atoms with Gasteiger partial charge in [0.2, 0.25) is 11.8 Å². The first kappa shape index (κ1) is 31.8. The Bertz CT molecular complexity index is 1820. The second-order valence-electron chi connectivity index (χ2n) is 10.2. The molecule has 236 valence electrons. The molecule has 0 atom stereocenters. The molecule has 46 heavy (non-hydrogen) atoms. The Hall–Kier alpha value is -5.65. The van der Waals surface area contributed by atoms with Gasteiger partial charge in [0.05, 0.1) is 48.3 Å². The van der Waals surface area contributed by atoms with Gasteiger partial charge in [-0.05, 0) is 54.1 Å². The van der Waals surface area contributed by atoms with Crippen LogP contribution < -0.4 is 15.4 Å². The van der Waals surface area contributed by atoms with E-state index in [9.17, 15) is 27.2 Å². The minimum Gasteiger partial charge on any atom is -0.473 e. The van der Waals surface area contributed by atoms with E-state index in [1.807, 2.05) is 12.1 Å². The molecule has 5 rings (SSSR count). The molecule has 0 aliphatic carbocycles. The van der Waals surface area contributed by atoms with Crippen molar-refractivity contribution in [2.24, 2.45) is 0 Å². The molecule has 0 spiro atoms. The Morgan fingerprint density at radius 2 is 1.72 bits per heavy atom. The van der Waals surface area contributed by atoms with E-state index in [2.05, 4.69) is 20.6 Å². The first-order valence-electron chi connectivity index (χ1n) is 14.0. The van der Waals surface area contributed by atoms with Crippen LogP contribution in [0.2, 0.25) is 0 Å². The van der Waals surface area contributed by atoms with Crippen molar-refractivity contribution >= 4 is 23.3 Å². The van der Waals surface area contributed by atoms with Crippen molar-refractivity contribution in [2.45, 2.75) is 25.7 Å². The van der Waals surface area contributed by atoms with Gasteiger partial charge in [0.25, 0.3) is 0 Å². The number of hydrogen-bond acceptors (Lipinski definition) is 6. The topological polar surface area (TPSA) is 105 Å². The smallest absolute Gasteiger partial charge is 0.416 e. The fraction of sp³-hybridized carbons (Fsp3) is 0.147. The third kappa shape index (κ3) is 8.08. The summed E-state index contributed by atoms with van der Waals surface area (Å²) in [5.74, 6) is -1.63. The fourth-order valence-corrected chi connectivity index (χ4v) is 4.53. The number of esters is 1. The molecule has 3 N–H and O–H groups in total. The molecule has 0 fully saturated rings. The van der Waals surface area contributed by atoms with Crippen LogP contribution in [0.1, 0.15) is 32.7 Å². The first-order valence-corrected chi connectivity index (χ1v) is 14.0. The van der Waals surface area contributed by atoms with Crippen molar-refractivity contribution in [1.82, 2.24) is 9.97 Å². The number of pyridine rings is 1. The lowest BCUT2D eigenvalue weighted by atomic mass is 10.1. The molecule has 0 aliphatic heterocycles. The summed E-state index contributed by atoms with van der Waals surface area (Å²) < 4.78 is 63.0. The Kier molecular flexibility index (Phi) is 9.65. The van der Waals surface area contributed by atoms with Crippen LogP contribution in [0.15, 0.2) is 97.2 Å². The van der Waals surface area contributed by atoms with Crippen LogP contribution in [0.3, 0.4) is 0 Å². The number of halogens is 4. The number of aromatic nitrogens is 2. The average Bonchev–Trinajstić information content (AvgIpc) is 3.57. The Morgan fingerprint density at radius 3 is 2.41 bits per heavy atom. The Labute approximate surface area is 261 Å². The SMILES string of the molecule is COC(=O)c1ccc(NC(=O)Cc2ccc(-c3cccc(OCc4ccc(C(F)(F)F)cc4F)n3)cc2)c(NCc2ccc[nH]2)c1. The van der Waals surface area contributed by atoms with Crippen molar-refractivity contribution < 1.29 is 36.6 Å². The number of alkyl halides is 3. The summed E-state index contributed by atoms with van der Waals surface area (Å²) in [5.41, 5.74) is 3.20. The maximum absolute atomic E-state index is 14.2. The van der Waals surface area contributed by atoms with Gasteiger partial charge in [-0.1, -0.05) is 36.4 Å². The summed E-state index contributed by atoms with van der Waals surface area (Å²) in [5, 5.41) is 6.13. The van der Waals surface area contributed by atoms with Crippen LogP contribution in [-0.4, -0.2) is 29.0 Å². The standard InChI is InChI=1S/C34H28F4N4O4/c1-45-33(44)23-12-14-29(30(17-23)40-19-26-4-3-15-39-26)41-31(43)16-21-7-9-22(10-8-21)28-5-2-6-32(42-28)46-20-24-11-13-25(18-27(24)35)34(36,37)38/h2-15,17-18,39-40H,16,19-20H2,1H3,(H,41,43). The largest absolute Gasteiger partial charge is 0.473 e. The zero-order valence-electron chi connectivity index (χ0n) is 24.5. The van der Waals surface area contributed by atoms with Crippen LogP contribution in [-0.2, 0) is 35.3 Å². The lowest BCUT2D eigenvalue weighted by Crippen LogP contribution is -2.16. The number of anilines is 2. The molecule has 0 aliphatic rings. The number of hydrogen-bond donors (Lipinski definition) is 3. The van der Waals surface area contributed by atoms with E-state index in [1.54, 1.807) is 66.9 Å². The number of carbonyl (C=O) groups excluding carboxylic acids is 2. The molecule has 3 aromatic carbocycles. The molecule has 1 amide bonds. The van der Waals surface area contributed by atoms with Gasteiger partial charge < -0.3 is 25.1 Å². The van der Waals surface area contributed by atoms with E-state index in [0.29, 0.717) is 35.2 Å². The van der Waals surface area contributed by atoms with Gasteiger partial charge in [-0.3, -0.25) is 4.79 Å². The summed E-state index contributed by atoms with van der Waals surface area (Å²) in [7, 11) is 1.30. The molecule has 0 saturated heterocycles. The van der Waals surface area contributed by atoms with Gasteiger partial charge in [-0.15, -0.1) is 0 Å². The average molecular weight is 633 g/mol. The van der Waals surface area contributed by atoms with Crippen molar-refractivity contribution in [3.63, 3.8) is 0 Å². The molecule has 2 aromatic heterocycles. The van der Waals surface area contributed by atoms with E-state index < -0.39 is 23.5 Å². The van der Waals surface area contributed by atoms with Gasteiger partial charge in [0.15, 0.2) is 0 Å².